The second kappa shape index (κ2) is 20.4. The molecule has 13 aromatic carbocycles. The summed E-state index contributed by atoms with van der Waals surface area (Å²) in [5, 5.41) is 0. The van der Waals surface area contributed by atoms with Crippen LogP contribution < -0.4 is 26.2 Å². The van der Waals surface area contributed by atoms with Gasteiger partial charge in [-0.05, 0) is 166 Å². The molecule has 0 aromatic heterocycles. The van der Waals surface area contributed by atoms with E-state index in [0.29, 0.717) is 0 Å². The van der Waals surface area contributed by atoms with Gasteiger partial charge in [-0.3, -0.25) is 0 Å². The van der Waals surface area contributed by atoms with Crippen molar-refractivity contribution in [1.29, 1.82) is 0 Å². The molecule has 0 aliphatic carbocycles. The Bertz CT molecular complexity index is 4050. The van der Waals surface area contributed by atoms with Crippen LogP contribution in [0.2, 0.25) is 0 Å². The van der Waals surface area contributed by atoms with Crippen LogP contribution in [0.15, 0.2) is 322 Å². The highest BCUT2D eigenvalue weighted by molar-refractivity contribution is 7.00. The van der Waals surface area contributed by atoms with Crippen LogP contribution in [0.25, 0.3) is 89.0 Å². The normalized spacial score (nSPS) is 12.1. The van der Waals surface area contributed by atoms with Gasteiger partial charge < -0.3 is 9.80 Å². The Hall–Kier alpha value is -10.5. The molecule has 0 fully saturated rings. The van der Waals surface area contributed by atoms with Crippen LogP contribution in [0.3, 0.4) is 0 Å². The minimum absolute atomic E-state index is 0.154. The number of hydrogen-bond acceptors (Lipinski definition) is 2. The highest BCUT2D eigenvalue weighted by atomic mass is 15.2. The molecule has 0 bridgehead atoms. The molecule has 2 aliphatic rings. The summed E-state index contributed by atoms with van der Waals surface area (Å²) in [6.07, 6.45) is 0. The highest BCUT2D eigenvalue weighted by Crippen LogP contribution is 2.48. The molecule has 0 radical (unpaired) electrons. The van der Waals surface area contributed by atoms with Gasteiger partial charge in [0.25, 0.3) is 6.71 Å². The number of anilines is 6. The number of nitrogens with zero attached hydrogens (tertiary/aromatic N) is 2. The zero-order valence-corrected chi connectivity index (χ0v) is 44.6. The van der Waals surface area contributed by atoms with Crippen LogP contribution in [0.1, 0.15) is 0 Å². The second-order valence-corrected chi connectivity index (χ2v) is 21.2. The van der Waals surface area contributed by atoms with Gasteiger partial charge >= 0.3 is 0 Å². The summed E-state index contributed by atoms with van der Waals surface area (Å²) in [6, 6.07) is 119. The number of fused-ring (bicyclic) bond motifs is 4. The summed E-state index contributed by atoms with van der Waals surface area (Å²) in [5.41, 5.74) is 29.4. The molecule has 0 spiro atoms. The van der Waals surface area contributed by atoms with E-state index in [1.807, 2.05) is 0 Å². The Labute approximate surface area is 474 Å². The van der Waals surface area contributed by atoms with Crippen LogP contribution in [0, 0.1) is 0 Å². The minimum atomic E-state index is -0.154. The Morgan fingerprint density at radius 1 is 0.185 bits per heavy atom. The van der Waals surface area contributed by atoms with E-state index in [9.17, 15) is 0 Å². The predicted octanol–water partition coefficient (Wildman–Crippen LogP) is 19.1. The fraction of sp³-hybridized carbons (Fsp3) is 0. The quantitative estimate of drug-likeness (QED) is 0.126. The van der Waals surface area contributed by atoms with Crippen LogP contribution in [0.5, 0.6) is 0 Å². The largest absolute Gasteiger partial charge is 0.311 e. The smallest absolute Gasteiger partial charge is 0.252 e. The standard InChI is InChI=1S/C78H53BN2/c1-7-24-54(25-8-1)62-46-63(55-26-9-2-10-27-55)49-66(48-62)80-74-44-42-60(70-38-21-19-36-68(70)58-32-15-5-16-33-58)52-72(74)79-73-53-61(71-39-22-20-37-69(71)59-34-17-6-18-35-59)43-45-75(73)81(77-41-23-40-76(80)78(77)79)67-50-64(56-28-11-3-12-29-56)47-65(51-67)57-30-13-4-14-31-57/h1-53H. The van der Waals surface area contributed by atoms with Crippen molar-refractivity contribution >= 4 is 57.2 Å². The third-order valence-corrected chi connectivity index (χ3v) is 16.4. The van der Waals surface area contributed by atoms with Crippen LogP contribution >= 0.6 is 0 Å². The SMILES string of the molecule is c1ccc(-c2cc(-c3ccccc3)cc(N3c4ccc(-c5ccccc5-c5ccccc5)cc4B4c5cc(-c6ccccc6-c6ccccc6)ccc5N(c5cc(-c6ccccc6)cc(-c6ccccc6)c5)c5cccc3c54)c2)cc1. The zero-order chi connectivity index (χ0) is 53.6. The summed E-state index contributed by atoms with van der Waals surface area (Å²) in [6.45, 7) is -0.154. The molecule has 0 amide bonds. The third-order valence-electron chi connectivity index (χ3n) is 16.4. The van der Waals surface area contributed by atoms with Crippen LogP contribution in [-0.4, -0.2) is 6.71 Å². The van der Waals surface area contributed by atoms with Crippen LogP contribution in [0.4, 0.5) is 34.1 Å². The summed E-state index contributed by atoms with van der Waals surface area (Å²) < 4.78 is 0. The van der Waals surface area contributed by atoms with E-state index in [0.717, 1.165) is 56.4 Å². The molecule has 2 nitrogen and oxygen atoms in total. The second-order valence-electron chi connectivity index (χ2n) is 21.2. The van der Waals surface area contributed by atoms with Crippen molar-refractivity contribution in [2.75, 3.05) is 9.80 Å². The molecule has 2 heterocycles. The first-order valence-corrected chi connectivity index (χ1v) is 28.0. The lowest BCUT2D eigenvalue weighted by atomic mass is 9.33. The average Bonchev–Trinajstić information content (AvgIpc) is 3.20. The van der Waals surface area contributed by atoms with E-state index in [-0.39, 0.29) is 6.71 Å². The highest BCUT2D eigenvalue weighted by Gasteiger charge is 2.44. The maximum Gasteiger partial charge on any atom is 0.252 e. The molecular weight excluding hydrogens is 976 g/mol. The van der Waals surface area contributed by atoms with Gasteiger partial charge in [-0.2, -0.15) is 0 Å². The van der Waals surface area contributed by atoms with Crippen LogP contribution in [-0.2, 0) is 0 Å². The Kier molecular flexibility index (Phi) is 12.0. The first-order chi connectivity index (χ1) is 40.2. The molecule has 15 rings (SSSR count). The lowest BCUT2D eigenvalue weighted by Gasteiger charge is -2.44. The number of rotatable bonds is 10. The van der Waals surface area contributed by atoms with Gasteiger partial charge in [0.1, 0.15) is 0 Å². The average molecular weight is 1030 g/mol. The van der Waals surface area contributed by atoms with Crippen molar-refractivity contribution in [3.05, 3.63) is 322 Å². The van der Waals surface area contributed by atoms with E-state index >= 15 is 0 Å². The molecular formula is C78H53BN2. The van der Waals surface area contributed by atoms with E-state index in [4.69, 9.17) is 0 Å². The van der Waals surface area contributed by atoms with Crippen molar-refractivity contribution < 1.29 is 0 Å². The lowest BCUT2D eigenvalue weighted by molar-refractivity contribution is 1.25. The summed E-state index contributed by atoms with van der Waals surface area (Å²) in [5.74, 6) is 0. The van der Waals surface area contributed by atoms with E-state index in [1.54, 1.807) is 0 Å². The molecule has 13 aromatic rings. The Balaban J connectivity index is 1.04. The van der Waals surface area contributed by atoms with Gasteiger partial charge in [0.2, 0.25) is 0 Å². The molecule has 0 saturated heterocycles. The molecule has 378 valence electrons. The topological polar surface area (TPSA) is 6.48 Å². The molecule has 2 aliphatic heterocycles. The Morgan fingerprint density at radius 3 is 0.790 bits per heavy atom. The number of benzene rings is 13. The molecule has 0 unspecified atom stereocenters. The van der Waals surface area contributed by atoms with E-state index < -0.39 is 0 Å². The Morgan fingerprint density at radius 2 is 0.469 bits per heavy atom. The zero-order valence-electron chi connectivity index (χ0n) is 44.6. The number of hydrogen-bond donors (Lipinski definition) is 0. The van der Waals surface area contributed by atoms with E-state index in [1.165, 1.54) is 83.1 Å². The van der Waals surface area contributed by atoms with Gasteiger partial charge in [0, 0.05) is 34.1 Å². The van der Waals surface area contributed by atoms with Gasteiger partial charge in [0.15, 0.2) is 0 Å². The van der Waals surface area contributed by atoms with Crippen molar-refractivity contribution in [3.8, 4) is 89.0 Å². The predicted molar refractivity (Wildman–Crippen MR) is 344 cm³/mol. The van der Waals surface area contributed by atoms with E-state index in [2.05, 4.69) is 331 Å². The molecule has 0 atom stereocenters. The van der Waals surface area contributed by atoms with Crippen molar-refractivity contribution in [2.45, 2.75) is 0 Å². The third kappa shape index (κ3) is 8.64. The summed E-state index contributed by atoms with van der Waals surface area (Å²) in [7, 11) is 0. The van der Waals surface area contributed by atoms with Crippen molar-refractivity contribution in [2.24, 2.45) is 0 Å². The fourth-order valence-electron chi connectivity index (χ4n) is 12.7. The van der Waals surface area contributed by atoms with Crippen molar-refractivity contribution in [1.82, 2.24) is 0 Å². The van der Waals surface area contributed by atoms with Gasteiger partial charge in [-0.15, -0.1) is 0 Å². The fourth-order valence-corrected chi connectivity index (χ4v) is 12.7. The first kappa shape index (κ1) is 47.7. The summed E-state index contributed by atoms with van der Waals surface area (Å²) >= 11 is 0. The molecule has 0 N–H and O–H groups in total. The minimum Gasteiger partial charge on any atom is -0.311 e. The lowest BCUT2D eigenvalue weighted by Crippen LogP contribution is -2.61. The van der Waals surface area contributed by atoms with Gasteiger partial charge in [-0.1, -0.05) is 261 Å². The summed E-state index contributed by atoms with van der Waals surface area (Å²) in [4.78, 5) is 5.12. The molecule has 0 saturated carbocycles. The monoisotopic (exact) mass is 1030 g/mol. The van der Waals surface area contributed by atoms with Crippen molar-refractivity contribution in [3.63, 3.8) is 0 Å². The maximum absolute atomic E-state index is 2.56. The maximum atomic E-state index is 2.56. The van der Waals surface area contributed by atoms with Gasteiger partial charge in [0.05, 0.1) is 0 Å². The molecule has 3 heteroatoms. The molecule has 81 heavy (non-hydrogen) atoms. The van der Waals surface area contributed by atoms with Gasteiger partial charge in [-0.25, -0.2) is 0 Å². The first-order valence-electron chi connectivity index (χ1n) is 28.0.